The van der Waals surface area contributed by atoms with Crippen LogP contribution in [0.15, 0.2) is 18.2 Å². The van der Waals surface area contributed by atoms with Crippen LogP contribution in [-0.4, -0.2) is 50.1 Å². The zero-order valence-electron chi connectivity index (χ0n) is 12.2. The Labute approximate surface area is 116 Å². The second kappa shape index (κ2) is 6.37. The Bertz CT molecular complexity index is 412. The molecule has 4 nitrogen and oxygen atoms in total. The molecule has 1 unspecified atom stereocenters. The number of rotatable bonds is 4. The average molecular weight is 263 g/mol. The Hall–Kier alpha value is -1.10. The summed E-state index contributed by atoms with van der Waals surface area (Å²) in [5.41, 5.74) is 8.37. The first-order valence-corrected chi connectivity index (χ1v) is 6.93. The van der Waals surface area contributed by atoms with Gasteiger partial charge in [-0.2, -0.15) is 0 Å². The van der Waals surface area contributed by atoms with Gasteiger partial charge in [-0.05, 0) is 31.7 Å². The van der Waals surface area contributed by atoms with Crippen molar-refractivity contribution in [3.05, 3.63) is 29.3 Å². The smallest absolute Gasteiger partial charge is 0.123 e. The van der Waals surface area contributed by atoms with E-state index in [1.54, 1.807) is 7.11 Å². The number of nitrogens with zero attached hydrogens (tertiary/aromatic N) is 2. The molecule has 2 rings (SSSR count). The summed E-state index contributed by atoms with van der Waals surface area (Å²) < 4.78 is 5.46. The zero-order valence-corrected chi connectivity index (χ0v) is 12.2. The molecule has 4 heteroatoms. The molecule has 1 aromatic rings. The van der Waals surface area contributed by atoms with Crippen molar-refractivity contribution in [3.63, 3.8) is 0 Å². The van der Waals surface area contributed by atoms with E-state index in [2.05, 4.69) is 29.0 Å². The minimum Gasteiger partial charge on any atom is -0.496 e. The molecule has 1 heterocycles. The number of ether oxygens (including phenoxy) is 1. The largest absolute Gasteiger partial charge is 0.496 e. The Kier molecular flexibility index (Phi) is 4.80. The fourth-order valence-electron chi connectivity index (χ4n) is 2.45. The number of likely N-dealkylation sites (N-methyl/N-ethyl adjacent to an activating group) is 1. The van der Waals surface area contributed by atoms with Crippen molar-refractivity contribution in [1.29, 1.82) is 0 Å². The molecule has 1 aliphatic rings. The first kappa shape index (κ1) is 14.3. The van der Waals surface area contributed by atoms with E-state index < -0.39 is 0 Å². The molecule has 0 bridgehead atoms. The third kappa shape index (κ3) is 3.69. The lowest BCUT2D eigenvalue weighted by Gasteiger charge is -2.32. The second-order valence-electron chi connectivity index (χ2n) is 5.44. The van der Waals surface area contributed by atoms with Gasteiger partial charge in [0.1, 0.15) is 5.75 Å². The van der Waals surface area contributed by atoms with Crippen molar-refractivity contribution in [2.45, 2.75) is 19.5 Å². The first-order valence-electron chi connectivity index (χ1n) is 6.93. The van der Waals surface area contributed by atoms with E-state index in [1.807, 2.05) is 13.0 Å². The van der Waals surface area contributed by atoms with E-state index in [0.29, 0.717) is 0 Å². The number of benzene rings is 1. The highest BCUT2D eigenvalue weighted by atomic mass is 16.5. The highest BCUT2D eigenvalue weighted by Crippen LogP contribution is 2.24. The summed E-state index contributed by atoms with van der Waals surface area (Å²) in [6, 6.07) is 6.33. The molecule has 19 heavy (non-hydrogen) atoms. The summed E-state index contributed by atoms with van der Waals surface area (Å²) in [6.45, 7) is 7.45. The van der Waals surface area contributed by atoms with Crippen molar-refractivity contribution in [3.8, 4) is 5.75 Å². The monoisotopic (exact) mass is 263 g/mol. The SMILES string of the molecule is COc1ccc(C(C)N)cc1CN1CCN(C)CC1. The summed E-state index contributed by atoms with van der Waals surface area (Å²) in [4.78, 5) is 4.84. The first-order chi connectivity index (χ1) is 9.10. The zero-order chi connectivity index (χ0) is 13.8. The maximum Gasteiger partial charge on any atom is 0.123 e. The van der Waals surface area contributed by atoms with Crippen LogP contribution >= 0.6 is 0 Å². The van der Waals surface area contributed by atoms with Gasteiger partial charge in [0, 0.05) is 44.3 Å². The molecule has 0 saturated carbocycles. The molecule has 106 valence electrons. The summed E-state index contributed by atoms with van der Waals surface area (Å²) in [7, 11) is 3.91. The van der Waals surface area contributed by atoms with Crippen LogP contribution in [0.4, 0.5) is 0 Å². The van der Waals surface area contributed by atoms with Crippen molar-refractivity contribution in [2.75, 3.05) is 40.3 Å². The van der Waals surface area contributed by atoms with Crippen LogP contribution in [0.3, 0.4) is 0 Å². The normalized spacial score (nSPS) is 19.4. The van der Waals surface area contributed by atoms with Crippen molar-refractivity contribution in [2.24, 2.45) is 5.73 Å². The standard InChI is InChI=1S/C15H25N3O/c1-12(16)13-4-5-15(19-3)14(10-13)11-18-8-6-17(2)7-9-18/h4-5,10,12H,6-9,11,16H2,1-3H3. The van der Waals surface area contributed by atoms with E-state index >= 15 is 0 Å². The predicted molar refractivity (Wildman–Crippen MR) is 78.4 cm³/mol. The number of hydrogen-bond donors (Lipinski definition) is 1. The fraction of sp³-hybridized carbons (Fsp3) is 0.600. The van der Waals surface area contributed by atoms with Crippen molar-refractivity contribution in [1.82, 2.24) is 9.80 Å². The molecule has 1 aliphatic heterocycles. The maximum absolute atomic E-state index is 5.96. The summed E-state index contributed by atoms with van der Waals surface area (Å²) >= 11 is 0. The Balaban J connectivity index is 2.11. The van der Waals surface area contributed by atoms with E-state index in [9.17, 15) is 0 Å². The van der Waals surface area contributed by atoms with Crippen LogP contribution in [0.1, 0.15) is 24.1 Å². The van der Waals surface area contributed by atoms with E-state index in [4.69, 9.17) is 10.5 Å². The van der Waals surface area contributed by atoms with Gasteiger partial charge in [0.05, 0.1) is 7.11 Å². The molecule has 0 amide bonds. The minimum atomic E-state index is 0.0668. The van der Waals surface area contributed by atoms with Crippen molar-refractivity contribution >= 4 is 0 Å². The van der Waals surface area contributed by atoms with Crippen LogP contribution in [0, 0.1) is 0 Å². The third-order valence-corrected chi connectivity index (χ3v) is 3.82. The molecule has 0 radical (unpaired) electrons. The fourth-order valence-corrected chi connectivity index (χ4v) is 2.45. The van der Waals surface area contributed by atoms with Crippen LogP contribution in [0.25, 0.3) is 0 Å². The molecule has 1 fully saturated rings. The van der Waals surface area contributed by atoms with E-state index in [1.165, 1.54) is 11.1 Å². The quantitative estimate of drug-likeness (QED) is 0.893. The highest BCUT2D eigenvalue weighted by molar-refractivity contribution is 5.38. The number of nitrogens with two attached hydrogens (primary N) is 1. The number of methoxy groups -OCH3 is 1. The topological polar surface area (TPSA) is 41.7 Å². The summed E-state index contributed by atoms with van der Waals surface area (Å²) in [5.74, 6) is 0.961. The van der Waals surface area contributed by atoms with Gasteiger partial charge >= 0.3 is 0 Å². The lowest BCUT2D eigenvalue weighted by molar-refractivity contribution is 0.147. The van der Waals surface area contributed by atoms with Gasteiger partial charge in [-0.3, -0.25) is 4.90 Å². The van der Waals surface area contributed by atoms with E-state index in [-0.39, 0.29) is 6.04 Å². The van der Waals surface area contributed by atoms with Gasteiger partial charge in [0.25, 0.3) is 0 Å². The molecular weight excluding hydrogens is 238 g/mol. The van der Waals surface area contributed by atoms with Gasteiger partial charge in [0.2, 0.25) is 0 Å². The van der Waals surface area contributed by atoms with Gasteiger partial charge in [-0.1, -0.05) is 6.07 Å². The Morgan fingerprint density at radius 2 is 1.95 bits per heavy atom. The number of hydrogen-bond acceptors (Lipinski definition) is 4. The van der Waals surface area contributed by atoms with Gasteiger partial charge < -0.3 is 15.4 Å². The second-order valence-corrected chi connectivity index (χ2v) is 5.44. The molecule has 0 aromatic heterocycles. The lowest BCUT2D eigenvalue weighted by atomic mass is 10.0. The van der Waals surface area contributed by atoms with Crippen LogP contribution in [0.5, 0.6) is 5.75 Å². The third-order valence-electron chi connectivity index (χ3n) is 3.82. The number of piperazine rings is 1. The lowest BCUT2D eigenvalue weighted by Crippen LogP contribution is -2.43. The van der Waals surface area contributed by atoms with Gasteiger partial charge in [0.15, 0.2) is 0 Å². The van der Waals surface area contributed by atoms with Gasteiger partial charge in [-0.15, -0.1) is 0 Å². The highest BCUT2D eigenvalue weighted by Gasteiger charge is 2.16. The Morgan fingerprint density at radius 1 is 1.26 bits per heavy atom. The molecule has 1 saturated heterocycles. The van der Waals surface area contributed by atoms with Crippen LogP contribution < -0.4 is 10.5 Å². The average Bonchev–Trinajstić information content (AvgIpc) is 2.41. The summed E-state index contributed by atoms with van der Waals surface area (Å²) in [5, 5.41) is 0. The molecule has 2 N–H and O–H groups in total. The molecule has 0 spiro atoms. The van der Waals surface area contributed by atoms with Crippen LogP contribution in [0.2, 0.25) is 0 Å². The molecular formula is C15H25N3O. The minimum absolute atomic E-state index is 0.0668. The molecule has 1 aromatic carbocycles. The van der Waals surface area contributed by atoms with Crippen LogP contribution in [-0.2, 0) is 6.54 Å². The predicted octanol–water partition coefficient (Wildman–Crippen LogP) is 1.46. The molecule has 1 atom stereocenters. The van der Waals surface area contributed by atoms with E-state index in [0.717, 1.165) is 38.5 Å². The summed E-state index contributed by atoms with van der Waals surface area (Å²) in [6.07, 6.45) is 0. The molecule has 0 aliphatic carbocycles. The Morgan fingerprint density at radius 3 is 2.53 bits per heavy atom. The van der Waals surface area contributed by atoms with Crippen molar-refractivity contribution < 1.29 is 4.74 Å². The van der Waals surface area contributed by atoms with Gasteiger partial charge in [-0.25, -0.2) is 0 Å². The maximum atomic E-state index is 5.96.